The first-order valence-corrected chi connectivity index (χ1v) is 11.1. The van der Waals surface area contributed by atoms with E-state index in [4.69, 9.17) is 9.15 Å². The fourth-order valence-electron chi connectivity index (χ4n) is 3.14. The topological polar surface area (TPSA) is 82.2 Å². The van der Waals surface area contributed by atoms with Crippen LogP contribution in [-0.2, 0) is 11.3 Å². The lowest BCUT2D eigenvalue weighted by Crippen LogP contribution is -2.30. The number of ether oxygens (including phenoxy) is 1. The Morgan fingerprint density at radius 3 is 2.53 bits per heavy atom. The van der Waals surface area contributed by atoms with Crippen LogP contribution in [0, 0.1) is 6.92 Å². The summed E-state index contributed by atoms with van der Waals surface area (Å²) in [4.78, 5) is 12.6. The summed E-state index contributed by atoms with van der Waals surface area (Å²) in [6.07, 6.45) is 1.59. The molecule has 0 radical (unpaired) electrons. The van der Waals surface area contributed by atoms with Crippen molar-refractivity contribution in [3.63, 3.8) is 0 Å². The van der Waals surface area contributed by atoms with Crippen LogP contribution >= 0.6 is 11.8 Å². The Balaban J connectivity index is 1.61. The molecule has 7 nitrogen and oxygen atoms in total. The summed E-state index contributed by atoms with van der Waals surface area (Å²) >= 11 is 1.36. The second kappa shape index (κ2) is 9.74. The number of nitrogens with zero attached hydrogens (tertiary/aromatic N) is 3. The molecule has 0 fully saturated rings. The summed E-state index contributed by atoms with van der Waals surface area (Å²) in [5.41, 5.74) is 2.99. The summed E-state index contributed by atoms with van der Waals surface area (Å²) in [5.74, 6) is 2.07. The minimum Gasteiger partial charge on any atom is -0.497 e. The molecule has 1 amide bonds. The van der Waals surface area contributed by atoms with Crippen molar-refractivity contribution in [1.29, 1.82) is 0 Å². The van der Waals surface area contributed by atoms with Crippen LogP contribution in [0.2, 0.25) is 0 Å². The predicted molar refractivity (Wildman–Crippen MR) is 124 cm³/mol. The molecule has 0 saturated heterocycles. The van der Waals surface area contributed by atoms with Crippen LogP contribution in [0.4, 0.5) is 0 Å². The summed E-state index contributed by atoms with van der Waals surface area (Å²) in [6, 6.07) is 19.4. The lowest BCUT2D eigenvalue weighted by atomic mass is 10.2. The van der Waals surface area contributed by atoms with Crippen LogP contribution in [0.25, 0.3) is 17.1 Å². The van der Waals surface area contributed by atoms with E-state index in [9.17, 15) is 4.79 Å². The maximum atomic E-state index is 12.6. The zero-order valence-corrected chi connectivity index (χ0v) is 18.9. The molecule has 0 aliphatic rings. The Bertz CT molecular complexity index is 1170. The van der Waals surface area contributed by atoms with E-state index in [1.54, 1.807) is 19.4 Å². The number of nitrogens with one attached hydrogen (secondary N) is 1. The van der Waals surface area contributed by atoms with E-state index >= 15 is 0 Å². The van der Waals surface area contributed by atoms with Gasteiger partial charge in [-0.2, -0.15) is 0 Å². The molecule has 0 aliphatic carbocycles. The molecule has 1 atom stereocenters. The number of hydrogen-bond donors (Lipinski definition) is 1. The Kier molecular flexibility index (Phi) is 6.61. The van der Waals surface area contributed by atoms with Gasteiger partial charge in [0.1, 0.15) is 11.5 Å². The van der Waals surface area contributed by atoms with Crippen molar-refractivity contribution in [2.75, 3.05) is 7.11 Å². The third kappa shape index (κ3) is 4.86. The highest BCUT2D eigenvalue weighted by molar-refractivity contribution is 8.00. The Morgan fingerprint density at radius 2 is 1.88 bits per heavy atom. The fraction of sp³-hybridized carbons (Fsp3) is 0.208. The second-order valence-electron chi connectivity index (χ2n) is 7.26. The average molecular weight is 449 g/mol. The number of methoxy groups -OCH3 is 1. The van der Waals surface area contributed by atoms with Gasteiger partial charge in [0, 0.05) is 11.3 Å². The molecule has 1 N–H and O–H groups in total. The van der Waals surface area contributed by atoms with Gasteiger partial charge in [0.2, 0.25) is 5.91 Å². The molecule has 4 rings (SSSR count). The van der Waals surface area contributed by atoms with Crippen LogP contribution in [-0.4, -0.2) is 33.0 Å². The highest BCUT2D eigenvalue weighted by atomic mass is 32.2. The molecule has 164 valence electrons. The fourth-order valence-corrected chi connectivity index (χ4v) is 4.03. The van der Waals surface area contributed by atoms with Crippen LogP contribution in [0.5, 0.6) is 5.75 Å². The SMILES string of the molecule is COc1ccc(-c2nnc(SC(C)C(=O)NCc3ccco3)n2-c2ccc(C)cc2)cc1. The van der Waals surface area contributed by atoms with Gasteiger partial charge in [-0.1, -0.05) is 29.5 Å². The largest absolute Gasteiger partial charge is 0.497 e. The molecule has 0 aliphatic heterocycles. The maximum absolute atomic E-state index is 12.6. The standard InChI is InChI=1S/C24H24N4O3S/c1-16-6-10-19(11-7-16)28-22(18-8-12-20(30-3)13-9-18)26-27-24(28)32-17(2)23(29)25-15-21-5-4-14-31-21/h4-14,17H,15H2,1-3H3,(H,25,29). The van der Waals surface area contributed by atoms with Crippen molar-refractivity contribution in [3.8, 4) is 22.8 Å². The van der Waals surface area contributed by atoms with Gasteiger partial charge < -0.3 is 14.5 Å². The molecular weight excluding hydrogens is 424 g/mol. The summed E-state index contributed by atoms with van der Waals surface area (Å²) in [6.45, 7) is 4.24. The molecule has 2 aromatic heterocycles. The van der Waals surface area contributed by atoms with Crippen molar-refractivity contribution in [3.05, 3.63) is 78.3 Å². The van der Waals surface area contributed by atoms with E-state index in [0.717, 1.165) is 22.6 Å². The smallest absolute Gasteiger partial charge is 0.233 e. The maximum Gasteiger partial charge on any atom is 0.233 e. The molecule has 2 aromatic carbocycles. The van der Waals surface area contributed by atoms with E-state index in [2.05, 4.69) is 15.5 Å². The van der Waals surface area contributed by atoms with Crippen molar-refractivity contribution in [1.82, 2.24) is 20.1 Å². The quantitative estimate of drug-likeness (QED) is 0.396. The molecule has 2 heterocycles. The number of carbonyl (C=O) groups excluding carboxylic acids is 1. The van der Waals surface area contributed by atoms with Crippen molar-refractivity contribution in [2.24, 2.45) is 0 Å². The molecule has 8 heteroatoms. The van der Waals surface area contributed by atoms with E-state index in [1.807, 2.05) is 73.0 Å². The lowest BCUT2D eigenvalue weighted by Gasteiger charge is -2.14. The first kappa shape index (κ1) is 21.7. The van der Waals surface area contributed by atoms with E-state index in [0.29, 0.717) is 23.3 Å². The number of benzene rings is 2. The monoisotopic (exact) mass is 448 g/mol. The first-order chi connectivity index (χ1) is 15.5. The molecule has 0 bridgehead atoms. The van der Waals surface area contributed by atoms with Gasteiger partial charge in [-0.05, 0) is 62.4 Å². The third-order valence-corrected chi connectivity index (χ3v) is 5.98. The van der Waals surface area contributed by atoms with Gasteiger partial charge >= 0.3 is 0 Å². The average Bonchev–Trinajstić information content (AvgIpc) is 3.48. The summed E-state index contributed by atoms with van der Waals surface area (Å²) < 4.78 is 12.5. The van der Waals surface area contributed by atoms with Gasteiger partial charge in [-0.15, -0.1) is 10.2 Å². The number of carbonyl (C=O) groups is 1. The first-order valence-electron chi connectivity index (χ1n) is 10.2. The highest BCUT2D eigenvalue weighted by Crippen LogP contribution is 2.31. The van der Waals surface area contributed by atoms with E-state index in [1.165, 1.54) is 11.8 Å². The molecule has 1 unspecified atom stereocenters. The number of thioether (sulfide) groups is 1. The number of amides is 1. The third-order valence-electron chi connectivity index (χ3n) is 4.94. The van der Waals surface area contributed by atoms with Crippen LogP contribution in [0.15, 0.2) is 76.5 Å². The molecule has 0 saturated carbocycles. The van der Waals surface area contributed by atoms with Crippen LogP contribution < -0.4 is 10.1 Å². The van der Waals surface area contributed by atoms with Gasteiger partial charge in [-0.3, -0.25) is 9.36 Å². The highest BCUT2D eigenvalue weighted by Gasteiger charge is 2.22. The van der Waals surface area contributed by atoms with Crippen LogP contribution in [0.1, 0.15) is 18.2 Å². The molecule has 0 spiro atoms. The summed E-state index contributed by atoms with van der Waals surface area (Å²) in [5, 5.41) is 12.0. The number of rotatable bonds is 8. The number of hydrogen-bond acceptors (Lipinski definition) is 6. The molecule has 4 aromatic rings. The minimum absolute atomic E-state index is 0.101. The summed E-state index contributed by atoms with van der Waals surface area (Å²) in [7, 11) is 1.64. The van der Waals surface area contributed by atoms with Gasteiger partial charge in [0.05, 0.1) is 25.2 Å². The van der Waals surface area contributed by atoms with Crippen LogP contribution in [0.3, 0.4) is 0 Å². The van der Waals surface area contributed by atoms with Crippen molar-refractivity contribution in [2.45, 2.75) is 30.8 Å². The van der Waals surface area contributed by atoms with Gasteiger partial charge in [0.15, 0.2) is 11.0 Å². The van der Waals surface area contributed by atoms with Gasteiger partial charge in [0.25, 0.3) is 0 Å². The van der Waals surface area contributed by atoms with Crippen molar-refractivity contribution < 1.29 is 13.9 Å². The Hall–Kier alpha value is -3.52. The predicted octanol–water partition coefficient (Wildman–Crippen LogP) is 4.64. The number of aromatic nitrogens is 3. The van der Waals surface area contributed by atoms with E-state index in [-0.39, 0.29) is 11.2 Å². The normalized spacial score (nSPS) is 11.8. The number of furan rings is 1. The van der Waals surface area contributed by atoms with Crippen molar-refractivity contribution >= 4 is 17.7 Å². The molecule has 32 heavy (non-hydrogen) atoms. The van der Waals surface area contributed by atoms with E-state index < -0.39 is 0 Å². The lowest BCUT2D eigenvalue weighted by molar-refractivity contribution is -0.120. The zero-order valence-electron chi connectivity index (χ0n) is 18.1. The minimum atomic E-state index is -0.373. The van der Waals surface area contributed by atoms with Gasteiger partial charge in [-0.25, -0.2) is 0 Å². The second-order valence-corrected chi connectivity index (χ2v) is 8.57. The molecular formula is C24H24N4O3S. The Labute approximate surface area is 190 Å². The Morgan fingerprint density at radius 1 is 1.12 bits per heavy atom. The zero-order chi connectivity index (χ0) is 22.5. The number of aryl methyl sites for hydroxylation is 1.